The van der Waals surface area contributed by atoms with Gasteiger partial charge in [0.25, 0.3) is 5.91 Å². The van der Waals surface area contributed by atoms with Crippen LogP contribution in [0.2, 0.25) is 0 Å². The van der Waals surface area contributed by atoms with E-state index in [1.165, 1.54) is 38.0 Å². The van der Waals surface area contributed by atoms with Crippen molar-refractivity contribution in [3.63, 3.8) is 0 Å². The zero-order valence-corrected chi connectivity index (χ0v) is 19.7. The molecule has 0 aliphatic carbocycles. The summed E-state index contributed by atoms with van der Waals surface area (Å²) in [5, 5.41) is 8.60. The first kappa shape index (κ1) is 23.2. The van der Waals surface area contributed by atoms with Gasteiger partial charge in [-0.15, -0.1) is 0 Å². The molecule has 4 rings (SSSR count). The van der Waals surface area contributed by atoms with Gasteiger partial charge in [-0.1, -0.05) is 11.3 Å². The number of aromatic nitrogens is 4. The first-order chi connectivity index (χ1) is 16.5. The van der Waals surface area contributed by atoms with Crippen molar-refractivity contribution in [2.75, 3.05) is 42.8 Å². The predicted octanol–water partition coefficient (Wildman–Crippen LogP) is 2.30. The van der Waals surface area contributed by atoms with E-state index in [4.69, 9.17) is 9.47 Å². The molecular weight excluding hydrogens is 460 g/mol. The maximum absolute atomic E-state index is 12.6. The van der Waals surface area contributed by atoms with E-state index in [0.29, 0.717) is 54.1 Å². The summed E-state index contributed by atoms with van der Waals surface area (Å²) in [6.45, 7) is 3.56. The van der Waals surface area contributed by atoms with Crippen LogP contribution in [-0.2, 0) is 13.0 Å². The second kappa shape index (κ2) is 10.3. The third-order valence-corrected chi connectivity index (χ3v) is 5.99. The van der Waals surface area contributed by atoms with Crippen LogP contribution in [0, 0.1) is 0 Å². The first-order valence-electron chi connectivity index (χ1n) is 10.5. The van der Waals surface area contributed by atoms with E-state index in [2.05, 4.69) is 40.8 Å². The fourth-order valence-electron chi connectivity index (χ4n) is 3.39. The van der Waals surface area contributed by atoms with Gasteiger partial charge in [-0.3, -0.25) is 15.1 Å². The summed E-state index contributed by atoms with van der Waals surface area (Å²) in [7, 11) is 3.04. The molecule has 1 aliphatic rings. The Balaban J connectivity index is 1.44. The monoisotopic (exact) mass is 484 g/mol. The molecule has 0 unspecified atom stereocenters. The average molecular weight is 485 g/mol. The lowest BCUT2D eigenvalue weighted by Crippen LogP contribution is -2.30. The van der Waals surface area contributed by atoms with Gasteiger partial charge in [-0.25, -0.2) is 9.78 Å². The van der Waals surface area contributed by atoms with Crippen molar-refractivity contribution in [3.05, 3.63) is 40.7 Å². The minimum atomic E-state index is -0.508. The molecule has 3 N–H and O–H groups in total. The van der Waals surface area contributed by atoms with Gasteiger partial charge >= 0.3 is 12.0 Å². The third kappa shape index (κ3) is 5.14. The summed E-state index contributed by atoms with van der Waals surface area (Å²) in [4.78, 5) is 45.0. The van der Waals surface area contributed by atoms with Crippen LogP contribution >= 0.6 is 11.3 Å². The highest BCUT2D eigenvalue weighted by molar-refractivity contribution is 7.15. The molecule has 0 aromatic carbocycles. The number of hydrogen-bond donors (Lipinski definition) is 3. The van der Waals surface area contributed by atoms with Crippen LogP contribution in [0.3, 0.4) is 0 Å². The fraction of sp³-hybridized carbons (Fsp3) is 0.333. The molecule has 0 bridgehead atoms. The zero-order valence-electron chi connectivity index (χ0n) is 18.9. The van der Waals surface area contributed by atoms with Crippen molar-refractivity contribution < 1.29 is 19.1 Å². The van der Waals surface area contributed by atoms with Crippen LogP contribution in [-0.4, -0.2) is 59.2 Å². The molecule has 3 aromatic heterocycles. The van der Waals surface area contributed by atoms with Gasteiger partial charge in [0, 0.05) is 36.7 Å². The number of amides is 3. The van der Waals surface area contributed by atoms with Crippen molar-refractivity contribution in [3.8, 4) is 11.9 Å². The number of anilines is 3. The lowest BCUT2D eigenvalue weighted by atomic mass is 10.2. The minimum absolute atomic E-state index is 0.228. The standard InChI is InChI=1S/C21H24N8O4S/c1-4-23-18(30)12-5-7-22-10-14(12)24-19(31)28-21-25-13-6-8-29(11-15(13)34-21)16-9-17(32-2)27-20(26-16)33-3/h5,7,9-10H,4,6,8,11H2,1-3H3,(H,23,30)(H2,24,25,28,31). The first-order valence-corrected chi connectivity index (χ1v) is 11.3. The Labute approximate surface area is 199 Å². The van der Waals surface area contributed by atoms with Crippen molar-refractivity contribution in [2.45, 2.75) is 19.9 Å². The van der Waals surface area contributed by atoms with Gasteiger partial charge in [-0.05, 0) is 13.0 Å². The average Bonchev–Trinajstić information content (AvgIpc) is 3.25. The molecule has 0 spiro atoms. The van der Waals surface area contributed by atoms with Crippen LogP contribution < -0.4 is 30.3 Å². The van der Waals surface area contributed by atoms with E-state index in [-0.39, 0.29) is 11.9 Å². The summed E-state index contributed by atoms with van der Waals surface area (Å²) in [6, 6.07) is 3.02. The quantitative estimate of drug-likeness (QED) is 0.460. The number of fused-ring (bicyclic) bond motifs is 1. The number of urea groups is 1. The molecule has 12 nitrogen and oxygen atoms in total. The molecule has 13 heteroatoms. The molecule has 3 aromatic rings. The molecule has 178 valence electrons. The van der Waals surface area contributed by atoms with Crippen molar-refractivity contribution in [1.29, 1.82) is 0 Å². The maximum Gasteiger partial charge on any atom is 0.325 e. The maximum atomic E-state index is 12.6. The van der Waals surface area contributed by atoms with Gasteiger partial charge < -0.3 is 25.0 Å². The highest BCUT2D eigenvalue weighted by Crippen LogP contribution is 2.31. The Hall–Kier alpha value is -4.00. The SMILES string of the molecule is CCNC(=O)c1ccncc1NC(=O)Nc1nc2c(s1)CN(c1cc(OC)nc(OC)n1)CC2. The van der Waals surface area contributed by atoms with Crippen LogP contribution in [0.1, 0.15) is 27.9 Å². The second-order valence-electron chi connectivity index (χ2n) is 7.18. The smallest absolute Gasteiger partial charge is 0.325 e. The zero-order chi connectivity index (χ0) is 24.1. The molecule has 0 radical (unpaired) electrons. The van der Waals surface area contributed by atoms with E-state index in [1.807, 2.05) is 6.92 Å². The summed E-state index contributed by atoms with van der Waals surface area (Å²) in [5.41, 5.74) is 1.57. The normalized spacial score (nSPS) is 12.5. The number of rotatable bonds is 7. The summed E-state index contributed by atoms with van der Waals surface area (Å²) in [5.74, 6) is 0.811. The number of carbonyl (C=O) groups excluding carboxylic acids is 2. The van der Waals surface area contributed by atoms with Gasteiger partial charge in [0.05, 0.1) is 43.9 Å². The Bertz CT molecular complexity index is 1180. The van der Waals surface area contributed by atoms with Crippen molar-refractivity contribution in [2.24, 2.45) is 0 Å². The summed E-state index contributed by atoms with van der Waals surface area (Å²) < 4.78 is 10.4. The minimum Gasteiger partial charge on any atom is -0.481 e. The number of carbonyl (C=O) groups is 2. The number of hydrogen-bond acceptors (Lipinski definition) is 10. The largest absolute Gasteiger partial charge is 0.481 e. The van der Waals surface area contributed by atoms with E-state index in [9.17, 15) is 9.59 Å². The van der Waals surface area contributed by atoms with Crippen molar-refractivity contribution in [1.82, 2.24) is 25.3 Å². The number of pyridine rings is 1. The van der Waals surface area contributed by atoms with Gasteiger partial charge in [0.15, 0.2) is 5.13 Å². The molecule has 0 saturated carbocycles. The van der Waals surface area contributed by atoms with E-state index in [1.54, 1.807) is 12.1 Å². The van der Waals surface area contributed by atoms with Crippen LogP contribution in [0.4, 0.5) is 21.4 Å². The van der Waals surface area contributed by atoms with E-state index >= 15 is 0 Å². The summed E-state index contributed by atoms with van der Waals surface area (Å²) in [6.07, 6.45) is 3.62. The highest BCUT2D eigenvalue weighted by Gasteiger charge is 2.24. The topological polar surface area (TPSA) is 143 Å². The molecule has 1 aliphatic heterocycles. The lowest BCUT2D eigenvalue weighted by molar-refractivity contribution is 0.0956. The molecule has 34 heavy (non-hydrogen) atoms. The Morgan fingerprint density at radius 2 is 2.03 bits per heavy atom. The Morgan fingerprint density at radius 1 is 1.18 bits per heavy atom. The molecule has 0 saturated heterocycles. The number of nitrogens with one attached hydrogen (secondary N) is 3. The van der Waals surface area contributed by atoms with Crippen LogP contribution in [0.5, 0.6) is 11.9 Å². The number of nitrogens with zero attached hydrogens (tertiary/aromatic N) is 5. The number of ether oxygens (including phenoxy) is 2. The van der Waals surface area contributed by atoms with Crippen LogP contribution in [0.25, 0.3) is 0 Å². The highest BCUT2D eigenvalue weighted by atomic mass is 32.1. The van der Waals surface area contributed by atoms with Gasteiger partial charge in [-0.2, -0.15) is 9.97 Å². The predicted molar refractivity (Wildman–Crippen MR) is 127 cm³/mol. The van der Waals surface area contributed by atoms with E-state index in [0.717, 1.165) is 10.6 Å². The van der Waals surface area contributed by atoms with Crippen molar-refractivity contribution >= 4 is 39.9 Å². The Morgan fingerprint density at radius 3 is 2.79 bits per heavy atom. The Kier molecular flexibility index (Phi) is 7.01. The van der Waals surface area contributed by atoms with Gasteiger partial charge in [0.1, 0.15) is 5.82 Å². The van der Waals surface area contributed by atoms with Gasteiger partial charge in [0.2, 0.25) is 5.88 Å². The third-order valence-electron chi connectivity index (χ3n) is 4.99. The van der Waals surface area contributed by atoms with Crippen LogP contribution in [0.15, 0.2) is 24.5 Å². The molecular formula is C21H24N8O4S. The molecule has 0 fully saturated rings. The molecule has 4 heterocycles. The fourth-order valence-corrected chi connectivity index (χ4v) is 4.41. The number of thiazole rings is 1. The molecule has 3 amide bonds. The lowest BCUT2D eigenvalue weighted by Gasteiger charge is -2.27. The number of methoxy groups -OCH3 is 2. The van der Waals surface area contributed by atoms with E-state index < -0.39 is 6.03 Å². The second-order valence-corrected chi connectivity index (χ2v) is 8.26. The molecule has 0 atom stereocenters. The summed E-state index contributed by atoms with van der Waals surface area (Å²) >= 11 is 1.39.